The number of ketones is 1. The first-order chi connectivity index (χ1) is 7.60. The number of Topliss-reactive ketones (excluding diaryl/α,β-unsaturated/α-hetero) is 1. The molecule has 2 N–H and O–H groups in total. The summed E-state index contributed by atoms with van der Waals surface area (Å²) >= 11 is 3.34. The van der Waals surface area contributed by atoms with Crippen LogP contribution in [0.1, 0.15) is 43.6 Å². The molecule has 5 heteroatoms. The zero-order chi connectivity index (χ0) is 12.1. The zero-order valence-electron chi connectivity index (χ0n) is 9.74. The molecule has 1 aromatic heterocycles. The Morgan fingerprint density at radius 2 is 2.31 bits per heavy atom. The van der Waals surface area contributed by atoms with Crippen molar-refractivity contribution in [1.82, 2.24) is 9.78 Å². The van der Waals surface area contributed by atoms with Crippen molar-refractivity contribution in [3.63, 3.8) is 0 Å². The molecule has 0 radical (unpaired) electrons. The van der Waals surface area contributed by atoms with Gasteiger partial charge in [0.15, 0.2) is 5.78 Å². The molecule has 0 bridgehead atoms. The van der Waals surface area contributed by atoms with Crippen LogP contribution in [-0.2, 0) is 6.54 Å². The molecule has 0 saturated carbocycles. The van der Waals surface area contributed by atoms with Crippen LogP contribution in [0.2, 0.25) is 0 Å². The molecule has 1 heterocycles. The molecule has 0 fully saturated rings. The van der Waals surface area contributed by atoms with Gasteiger partial charge < -0.3 is 5.73 Å². The molecule has 1 unspecified atom stereocenters. The third-order valence-electron chi connectivity index (χ3n) is 2.47. The van der Waals surface area contributed by atoms with Gasteiger partial charge in [0, 0.05) is 19.0 Å². The van der Waals surface area contributed by atoms with E-state index in [1.807, 2.05) is 6.92 Å². The Labute approximate surface area is 104 Å². The second-order valence-electron chi connectivity index (χ2n) is 3.83. The number of nitrogens with zero attached hydrogens (tertiary/aromatic N) is 2. The van der Waals surface area contributed by atoms with E-state index < -0.39 is 0 Å². The van der Waals surface area contributed by atoms with Gasteiger partial charge in [-0.15, -0.1) is 0 Å². The summed E-state index contributed by atoms with van der Waals surface area (Å²) in [5.41, 5.74) is 6.50. The molecule has 1 atom stereocenters. The molecule has 0 aliphatic rings. The average Bonchev–Trinajstić information content (AvgIpc) is 2.59. The summed E-state index contributed by atoms with van der Waals surface area (Å²) in [6.45, 7) is 4.72. The second-order valence-corrected chi connectivity index (χ2v) is 4.69. The Kier molecular flexibility index (Phi) is 5.15. The minimum Gasteiger partial charge on any atom is -0.327 e. The van der Waals surface area contributed by atoms with Gasteiger partial charge in [-0.2, -0.15) is 5.10 Å². The first kappa shape index (κ1) is 13.4. The van der Waals surface area contributed by atoms with Crippen LogP contribution in [0.4, 0.5) is 0 Å². The standard InChI is InChI=1S/C11H18BrN3O/c1-3-5-8(13)6-10(16)11-9(12)7-14-15(11)4-2/h7-8H,3-6,13H2,1-2H3. The normalized spacial score (nSPS) is 12.8. The van der Waals surface area contributed by atoms with Gasteiger partial charge in [-0.05, 0) is 29.3 Å². The number of aryl methyl sites for hydroxylation is 1. The SMILES string of the molecule is CCCC(N)CC(=O)c1c(Br)cnn1CC. The Morgan fingerprint density at radius 1 is 1.62 bits per heavy atom. The first-order valence-corrected chi connectivity index (χ1v) is 6.39. The van der Waals surface area contributed by atoms with E-state index in [9.17, 15) is 4.79 Å². The highest BCUT2D eigenvalue weighted by atomic mass is 79.9. The quantitative estimate of drug-likeness (QED) is 0.817. The molecule has 1 rings (SSSR count). The Morgan fingerprint density at radius 3 is 2.88 bits per heavy atom. The number of aromatic nitrogens is 2. The summed E-state index contributed by atoms with van der Waals surface area (Å²) in [4.78, 5) is 12.0. The van der Waals surface area contributed by atoms with E-state index in [-0.39, 0.29) is 11.8 Å². The number of rotatable bonds is 6. The predicted octanol–water partition coefficient (Wildman–Crippen LogP) is 2.37. The van der Waals surface area contributed by atoms with Gasteiger partial charge in [0.2, 0.25) is 0 Å². The molecule has 1 aromatic rings. The summed E-state index contributed by atoms with van der Waals surface area (Å²) in [5, 5.41) is 4.12. The predicted molar refractivity (Wildman–Crippen MR) is 67.4 cm³/mol. The van der Waals surface area contributed by atoms with Crippen molar-refractivity contribution in [2.24, 2.45) is 5.73 Å². The van der Waals surface area contributed by atoms with Crippen molar-refractivity contribution in [2.75, 3.05) is 0 Å². The first-order valence-electron chi connectivity index (χ1n) is 5.60. The van der Waals surface area contributed by atoms with E-state index in [0.717, 1.165) is 17.3 Å². The highest BCUT2D eigenvalue weighted by Crippen LogP contribution is 2.18. The summed E-state index contributed by atoms with van der Waals surface area (Å²) in [6, 6.07) is -0.0513. The van der Waals surface area contributed by atoms with E-state index in [4.69, 9.17) is 5.73 Å². The van der Waals surface area contributed by atoms with Crippen LogP contribution >= 0.6 is 15.9 Å². The van der Waals surface area contributed by atoms with Gasteiger partial charge in [0.1, 0.15) is 5.69 Å². The van der Waals surface area contributed by atoms with Crippen LogP contribution in [0.3, 0.4) is 0 Å². The van der Waals surface area contributed by atoms with Crippen LogP contribution in [0.15, 0.2) is 10.7 Å². The van der Waals surface area contributed by atoms with E-state index in [2.05, 4.69) is 28.0 Å². The highest BCUT2D eigenvalue weighted by Gasteiger charge is 2.18. The van der Waals surface area contributed by atoms with E-state index >= 15 is 0 Å². The van der Waals surface area contributed by atoms with Crippen LogP contribution < -0.4 is 5.73 Å². The highest BCUT2D eigenvalue weighted by molar-refractivity contribution is 9.10. The summed E-state index contributed by atoms with van der Waals surface area (Å²) in [7, 11) is 0. The second kappa shape index (κ2) is 6.15. The van der Waals surface area contributed by atoms with Crippen LogP contribution in [0.25, 0.3) is 0 Å². The van der Waals surface area contributed by atoms with Crippen LogP contribution in [0, 0.1) is 0 Å². The van der Waals surface area contributed by atoms with E-state index in [1.54, 1.807) is 10.9 Å². The maximum atomic E-state index is 12.0. The van der Waals surface area contributed by atoms with Gasteiger partial charge in [-0.3, -0.25) is 9.48 Å². The van der Waals surface area contributed by atoms with Crippen LogP contribution in [0.5, 0.6) is 0 Å². The molecule has 16 heavy (non-hydrogen) atoms. The Hall–Kier alpha value is -0.680. The smallest absolute Gasteiger partial charge is 0.183 e. The topological polar surface area (TPSA) is 60.9 Å². The molecule has 0 aliphatic carbocycles. The molecule has 0 spiro atoms. The van der Waals surface area contributed by atoms with Crippen molar-refractivity contribution in [1.29, 1.82) is 0 Å². The number of carbonyl (C=O) groups is 1. The minimum absolute atomic E-state index is 0.0513. The molecule has 0 aromatic carbocycles. The summed E-state index contributed by atoms with van der Waals surface area (Å²) < 4.78 is 2.45. The number of carbonyl (C=O) groups excluding carboxylic acids is 1. The lowest BCUT2D eigenvalue weighted by Gasteiger charge is -2.10. The summed E-state index contributed by atoms with van der Waals surface area (Å²) in [6.07, 6.45) is 3.92. The van der Waals surface area contributed by atoms with Gasteiger partial charge in [-0.1, -0.05) is 13.3 Å². The maximum Gasteiger partial charge on any atom is 0.183 e. The average molecular weight is 288 g/mol. The van der Waals surface area contributed by atoms with E-state index in [1.165, 1.54) is 0 Å². The lowest BCUT2D eigenvalue weighted by atomic mass is 10.0. The van der Waals surface area contributed by atoms with Crippen molar-refractivity contribution in [3.05, 3.63) is 16.4 Å². The fourth-order valence-electron chi connectivity index (χ4n) is 1.69. The van der Waals surface area contributed by atoms with Gasteiger partial charge in [0.25, 0.3) is 0 Å². The monoisotopic (exact) mass is 287 g/mol. The fraction of sp³-hybridized carbons (Fsp3) is 0.636. The Bertz CT molecular complexity index is 362. The third kappa shape index (κ3) is 3.15. The maximum absolute atomic E-state index is 12.0. The minimum atomic E-state index is -0.0513. The van der Waals surface area contributed by atoms with Gasteiger partial charge in [0.05, 0.1) is 10.7 Å². The molecular formula is C11H18BrN3O. The fourth-order valence-corrected chi connectivity index (χ4v) is 2.20. The number of hydrogen-bond acceptors (Lipinski definition) is 3. The molecule has 0 amide bonds. The van der Waals surface area contributed by atoms with Gasteiger partial charge in [-0.25, -0.2) is 0 Å². The molecule has 0 saturated heterocycles. The molecule has 90 valence electrons. The van der Waals surface area contributed by atoms with Crippen molar-refractivity contribution < 1.29 is 4.79 Å². The molecular weight excluding hydrogens is 270 g/mol. The summed E-state index contributed by atoms with van der Waals surface area (Å²) in [5.74, 6) is 0.0622. The Balaban J connectivity index is 2.75. The van der Waals surface area contributed by atoms with Crippen molar-refractivity contribution >= 4 is 21.7 Å². The number of nitrogens with two attached hydrogens (primary N) is 1. The zero-order valence-corrected chi connectivity index (χ0v) is 11.3. The molecule has 0 aliphatic heterocycles. The third-order valence-corrected chi connectivity index (χ3v) is 3.05. The van der Waals surface area contributed by atoms with Gasteiger partial charge >= 0.3 is 0 Å². The number of hydrogen-bond donors (Lipinski definition) is 1. The largest absolute Gasteiger partial charge is 0.327 e. The van der Waals surface area contributed by atoms with E-state index in [0.29, 0.717) is 18.7 Å². The number of halogens is 1. The van der Waals surface area contributed by atoms with Crippen LogP contribution in [-0.4, -0.2) is 21.6 Å². The van der Waals surface area contributed by atoms with Crippen molar-refractivity contribution in [3.8, 4) is 0 Å². The molecule has 4 nitrogen and oxygen atoms in total. The van der Waals surface area contributed by atoms with Crippen molar-refractivity contribution in [2.45, 2.75) is 45.7 Å². The lowest BCUT2D eigenvalue weighted by molar-refractivity contribution is 0.0962. The lowest BCUT2D eigenvalue weighted by Crippen LogP contribution is -2.25.